The minimum absolute atomic E-state index is 0. The molecular weight excluding hydrogens is 1260 g/mol. The minimum Gasteiger partial charge on any atom is -0.726 e. The number of methoxy groups -OCH3 is 1. The number of allylic oxidation sites excluding steroid dienone is 2. The summed E-state index contributed by atoms with van der Waals surface area (Å²) >= 11 is 0. The number of esters is 2. The molecule has 6 saturated heterocycles. The van der Waals surface area contributed by atoms with Crippen LogP contribution >= 0.6 is 0 Å². The summed E-state index contributed by atoms with van der Waals surface area (Å²) in [6, 6.07) is 0. The quantitative estimate of drug-likeness (QED) is 0.0190. The van der Waals surface area contributed by atoms with E-state index in [1.54, 1.807) is 6.92 Å². The van der Waals surface area contributed by atoms with Gasteiger partial charge in [0.05, 0.1) is 50.0 Å². The van der Waals surface area contributed by atoms with Crippen molar-refractivity contribution in [3.8, 4) is 0 Å². The number of ketones is 1. The van der Waals surface area contributed by atoms with Gasteiger partial charge in [-0.2, -0.15) is 0 Å². The van der Waals surface area contributed by atoms with Crippen LogP contribution in [0.15, 0.2) is 11.6 Å². The Balaban J connectivity index is 0.00001000. The number of carbonyl (C=O) groups excluding carboxylic acids is 3. The molecule has 0 aromatic heterocycles. The predicted octanol–water partition coefficient (Wildman–Crippen LogP) is -5.00. The first kappa shape index (κ1) is 74.6. The Labute approximate surface area is 556 Å². The monoisotopic (exact) mass is 1350 g/mol. The Bertz CT molecular complexity index is 2760. The maximum absolute atomic E-state index is 14.8. The Morgan fingerprint density at radius 1 is 0.707 bits per heavy atom. The maximum Gasteiger partial charge on any atom is 1.00 e. The molecule has 6 heterocycles. The summed E-state index contributed by atoms with van der Waals surface area (Å²) in [5, 5.41) is 111. The second-order valence-corrected chi connectivity index (χ2v) is 29.4. The number of aliphatic hydroxyl groups is 10. The van der Waals surface area contributed by atoms with Crippen molar-refractivity contribution in [2.75, 3.05) is 33.5 Å². The van der Waals surface area contributed by atoms with E-state index in [0.717, 1.165) is 5.57 Å². The van der Waals surface area contributed by atoms with Gasteiger partial charge < -0.3 is 117 Å². The van der Waals surface area contributed by atoms with Crippen LogP contribution in [0.5, 0.6) is 0 Å². The van der Waals surface area contributed by atoms with Crippen LogP contribution in [0.1, 0.15) is 114 Å². The molecule has 520 valence electrons. The fraction of sp³-hybridized carbons (Fsp3) is 0.917. The van der Waals surface area contributed by atoms with Crippen LogP contribution in [0.3, 0.4) is 0 Å². The molecule has 9 fully saturated rings. The van der Waals surface area contributed by atoms with Gasteiger partial charge in [0.1, 0.15) is 115 Å². The van der Waals surface area contributed by atoms with Crippen LogP contribution in [-0.2, 0) is 90.5 Å². The van der Waals surface area contributed by atoms with Crippen molar-refractivity contribution in [2.45, 2.75) is 267 Å². The average Bonchev–Trinajstić information content (AvgIpc) is 1.47. The number of carbonyl (C=O) groups is 3. The van der Waals surface area contributed by atoms with E-state index < -0.39 is 229 Å². The van der Waals surface area contributed by atoms with Crippen LogP contribution in [-0.4, -0.2) is 268 Å². The van der Waals surface area contributed by atoms with Gasteiger partial charge in [-0.15, -0.1) is 0 Å². The third-order valence-corrected chi connectivity index (χ3v) is 22.4. The topological polar surface area (TPSA) is 440 Å². The first-order valence-electron chi connectivity index (χ1n) is 31.5. The summed E-state index contributed by atoms with van der Waals surface area (Å²) < 4.78 is 120. The molecule has 28 unspecified atom stereocenters. The second-order valence-electron chi connectivity index (χ2n) is 28.4. The number of cyclic esters (lactones) is 1. The SMILES string of the molecule is COC1C(O)C(CO)OC(OC2C(O)COC(OC3C(C)OC(OC4C(OC5CCC6(C)C7CCC89C(=O)O[C@@](C)(CC(=O)CC(C)C)C8[C@@H](OC(C)=O)C[C@@]9(C)C7=CCC6C5(C)C)OCC(OS(=O)(=O)[O-])C4O)C(OC4OCC(O)C(O)C4O)C3O)C2O)C1O.[Na+]. The molecule has 10 rings (SSSR count). The van der Waals surface area contributed by atoms with Crippen LogP contribution < -0.4 is 29.6 Å². The molecule has 30 nitrogen and oxygen atoms in total. The summed E-state index contributed by atoms with van der Waals surface area (Å²) in [5.74, 6) is -1.66. The van der Waals surface area contributed by atoms with E-state index in [-0.39, 0.29) is 59.5 Å². The zero-order chi connectivity index (χ0) is 66.6. The summed E-state index contributed by atoms with van der Waals surface area (Å²) in [7, 11) is -4.34. The maximum atomic E-state index is 14.8. The predicted molar refractivity (Wildman–Crippen MR) is 301 cm³/mol. The van der Waals surface area contributed by atoms with Crippen LogP contribution in [0, 0.1) is 45.3 Å². The van der Waals surface area contributed by atoms with Crippen molar-refractivity contribution in [1.82, 2.24) is 0 Å². The molecule has 10 N–H and O–H groups in total. The molecule has 0 aromatic rings. The number of rotatable bonds is 19. The molecule has 10 aliphatic rings. The van der Waals surface area contributed by atoms with Crippen LogP contribution in [0.25, 0.3) is 0 Å². The molecular formula is C60H93NaO30S. The van der Waals surface area contributed by atoms with Gasteiger partial charge in [0, 0.05) is 32.3 Å². The van der Waals surface area contributed by atoms with Gasteiger partial charge in [0.2, 0.25) is 10.4 Å². The number of aliphatic hydroxyl groups excluding tert-OH is 10. The number of Topliss-reactive ketones (excluding diaryl/α,β-unsaturated/α-hetero) is 1. The van der Waals surface area contributed by atoms with Crippen molar-refractivity contribution in [3.63, 3.8) is 0 Å². The zero-order valence-corrected chi connectivity index (χ0v) is 56.6. The standard InChI is InChI=1S/C60H94O30S.Na/c1-24(2)17-27(63)18-59(9)49-32(82-26(4)62)19-58(8)29-11-12-35-56(5,6)36(14-15-57(35,7)28(29)13-16-60(49,58)55(73)89-59)84-53-47(39(68)34(23-80-53)90-91(74,75)76)88-54-48(87-50-40(69)37(66)30(64)21-78-50)41(70)44(25(3)81-54)85-51-42(71)45(31(65)22-79-51)86-52-43(72)46(77-10)38(67)33(20-61)83-52;/h11,24-25,28,30-54,61,64-72H,12-23H2,1-10H3,(H,74,75,76);/q;+1/p-1/t25?,28?,30?,31?,32-,33?,34?,35?,36?,37?,38?,39?,40?,41?,42?,43?,44?,45?,46?,47?,48?,49?,50?,51?,52?,53?,54?,57?,58-,59-,60?;/m0./s1. The van der Waals surface area contributed by atoms with E-state index >= 15 is 0 Å². The molecule has 4 aliphatic carbocycles. The van der Waals surface area contributed by atoms with Crippen molar-refractivity contribution in [3.05, 3.63) is 11.6 Å². The van der Waals surface area contributed by atoms with E-state index in [9.17, 15) is 78.4 Å². The van der Waals surface area contributed by atoms with Crippen molar-refractivity contribution >= 4 is 28.1 Å². The summed E-state index contributed by atoms with van der Waals surface area (Å²) in [5.41, 5.74) is -3.25. The fourth-order valence-electron chi connectivity index (χ4n) is 17.7. The van der Waals surface area contributed by atoms with Gasteiger partial charge in [-0.1, -0.05) is 53.2 Å². The van der Waals surface area contributed by atoms with Crippen molar-refractivity contribution in [1.29, 1.82) is 0 Å². The molecule has 3 saturated carbocycles. The van der Waals surface area contributed by atoms with Gasteiger partial charge in [0.25, 0.3) is 0 Å². The van der Waals surface area contributed by atoms with E-state index in [4.69, 9.17) is 65.8 Å². The number of ether oxygens (including phenoxy) is 13. The van der Waals surface area contributed by atoms with Gasteiger partial charge in [-0.3, -0.25) is 18.6 Å². The smallest absolute Gasteiger partial charge is 0.726 e. The Morgan fingerprint density at radius 2 is 1.32 bits per heavy atom. The molecule has 31 atom stereocenters. The third kappa shape index (κ3) is 13.5. The molecule has 92 heavy (non-hydrogen) atoms. The van der Waals surface area contributed by atoms with Crippen LogP contribution in [0.4, 0.5) is 0 Å². The molecule has 1 spiro atoms. The van der Waals surface area contributed by atoms with Crippen LogP contribution in [0.2, 0.25) is 0 Å². The number of hydrogen-bond donors (Lipinski definition) is 10. The van der Waals surface area contributed by atoms with Gasteiger partial charge in [0.15, 0.2) is 31.5 Å². The minimum atomic E-state index is -5.52. The van der Waals surface area contributed by atoms with Crippen molar-refractivity contribution in [2.24, 2.45) is 45.3 Å². The Kier molecular flexibility index (Phi) is 22.9. The van der Waals surface area contributed by atoms with Gasteiger partial charge in [-0.05, 0) is 81.0 Å². The molecule has 6 aliphatic heterocycles. The normalized spacial score (nSPS) is 49.3. The summed E-state index contributed by atoms with van der Waals surface area (Å²) in [6.07, 6.45) is -34.4. The first-order chi connectivity index (χ1) is 42.5. The Morgan fingerprint density at radius 3 is 1.96 bits per heavy atom. The van der Waals surface area contributed by atoms with E-state index in [1.165, 1.54) is 21.0 Å². The van der Waals surface area contributed by atoms with Gasteiger partial charge >= 0.3 is 41.5 Å². The second kappa shape index (κ2) is 28.2. The third-order valence-electron chi connectivity index (χ3n) is 21.9. The average molecular weight is 1350 g/mol. The molecule has 0 amide bonds. The number of fused-ring (bicyclic) bond motifs is 4. The van der Waals surface area contributed by atoms with Crippen molar-refractivity contribution < 1.29 is 174 Å². The Hall–Kier alpha value is -1.62. The largest absolute Gasteiger partial charge is 1.00 e. The first-order valence-corrected chi connectivity index (χ1v) is 32.8. The van der Waals surface area contributed by atoms with E-state index in [1.807, 2.05) is 27.7 Å². The fourth-order valence-corrected chi connectivity index (χ4v) is 18.1. The zero-order valence-electron chi connectivity index (χ0n) is 53.8. The van der Waals surface area contributed by atoms with Gasteiger partial charge in [-0.25, -0.2) is 8.42 Å². The summed E-state index contributed by atoms with van der Waals surface area (Å²) in [6.45, 7) is 14.2. The molecule has 0 radical (unpaired) electrons. The van der Waals surface area contributed by atoms with E-state index in [0.29, 0.717) is 44.9 Å². The molecule has 32 heteroatoms. The summed E-state index contributed by atoms with van der Waals surface area (Å²) in [4.78, 5) is 41.1. The number of hydrogen-bond acceptors (Lipinski definition) is 30. The van der Waals surface area contributed by atoms with E-state index in [2.05, 4.69) is 19.9 Å². The molecule has 0 aromatic carbocycles. The molecule has 0 bridgehead atoms.